The van der Waals surface area contributed by atoms with Crippen LogP contribution in [0.1, 0.15) is 42.5 Å². The number of Topliss-reactive ketones (excluding diaryl/α,β-unsaturated/α-hetero) is 1. The lowest BCUT2D eigenvalue weighted by molar-refractivity contribution is -0.0584. The predicted octanol–water partition coefficient (Wildman–Crippen LogP) is 5.19. The van der Waals surface area contributed by atoms with Crippen molar-refractivity contribution in [2.75, 3.05) is 38.6 Å². The maximum atomic E-state index is 13.1. The van der Waals surface area contributed by atoms with E-state index in [9.17, 15) is 4.79 Å². The van der Waals surface area contributed by atoms with E-state index in [0.29, 0.717) is 5.95 Å². The standard InChI is InChI=1S/C28H33N5O2/c1-35-26-11-7-21(8-12-26)24-19-29-28(30-20-24)31-25-9-5-22(6-10-25)27(34)23-13-17-33(18-14-23)32-15-3-2-4-16-32/h5-12,19-20,23H,2-4,13-18H2,1H3,(H,29,30,31). The molecule has 0 unspecified atom stereocenters. The molecule has 2 aromatic carbocycles. The minimum atomic E-state index is 0.115. The van der Waals surface area contributed by atoms with Gasteiger partial charge in [-0.25, -0.2) is 20.0 Å². The zero-order chi connectivity index (χ0) is 24.0. The second kappa shape index (κ2) is 11.0. The van der Waals surface area contributed by atoms with Crippen LogP contribution >= 0.6 is 0 Å². The number of anilines is 2. The van der Waals surface area contributed by atoms with E-state index < -0.39 is 0 Å². The summed E-state index contributed by atoms with van der Waals surface area (Å²) in [4.78, 5) is 22.0. The van der Waals surface area contributed by atoms with Gasteiger partial charge in [-0.05, 0) is 67.6 Å². The van der Waals surface area contributed by atoms with Crippen molar-refractivity contribution >= 4 is 17.4 Å². The number of nitrogens with one attached hydrogen (secondary N) is 1. The fourth-order valence-corrected chi connectivity index (χ4v) is 4.98. The number of nitrogens with zero attached hydrogens (tertiary/aromatic N) is 4. The highest BCUT2D eigenvalue weighted by molar-refractivity contribution is 5.98. The second-order valence-corrected chi connectivity index (χ2v) is 9.33. The molecule has 1 aromatic heterocycles. The lowest BCUT2D eigenvalue weighted by atomic mass is 9.89. The van der Waals surface area contributed by atoms with E-state index in [2.05, 4.69) is 25.3 Å². The molecule has 0 bridgehead atoms. The SMILES string of the molecule is COc1ccc(-c2cnc(Nc3ccc(C(=O)C4CCN(N5CCCCC5)CC4)cc3)nc2)cc1. The number of ether oxygens (including phenoxy) is 1. The monoisotopic (exact) mass is 471 g/mol. The van der Waals surface area contributed by atoms with Gasteiger partial charge in [-0.1, -0.05) is 18.6 Å². The van der Waals surface area contributed by atoms with E-state index in [0.717, 1.165) is 54.1 Å². The molecule has 0 radical (unpaired) electrons. The Bertz CT molecular complexity index is 1100. The number of rotatable bonds is 7. The molecule has 3 heterocycles. The third kappa shape index (κ3) is 5.69. The lowest BCUT2D eigenvalue weighted by Gasteiger charge is -2.41. The van der Waals surface area contributed by atoms with Crippen LogP contribution in [0.4, 0.5) is 11.6 Å². The highest BCUT2D eigenvalue weighted by Crippen LogP contribution is 2.26. The van der Waals surface area contributed by atoms with Crippen LogP contribution in [0.25, 0.3) is 11.1 Å². The molecule has 0 spiro atoms. The van der Waals surface area contributed by atoms with E-state index in [4.69, 9.17) is 4.74 Å². The Morgan fingerprint density at radius 3 is 2.09 bits per heavy atom. The van der Waals surface area contributed by atoms with Gasteiger partial charge in [0.25, 0.3) is 0 Å². The quantitative estimate of drug-likeness (QED) is 0.476. The fraction of sp³-hybridized carbons (Fsp3) is 0.393. The Morgan fingerprint density at radius 2 is 1.46 bits per heavy atom. The normalized spacial score (nSPS) is 17.7. The zero-order valence-electron chi connectivity index (χ0n) is 20.3. The minimum Gasteiger partial charge on any atom is -0.497 e. The molecular formula is C28H33N5O2. The Labute approximate surface area is 207 Å². The molecule has 2 saturated heterocycles. The molecular weight excluding hydrogens is 438 g/mol. The van der Waals surface area contributed by atoms with Crippen molar-refractivity contribution in [2.24, 2.45) is 5.92 Å². The summed E-state index contributed by atoms with van der Waals surface area (Å²) in [7, 11) is 1.65. The summed E-state index contributed by atoms with van der Waals surface area (Å²) in [5, 5.41) is 8.19. The lowest BCUT2D eigenvalue weighted by Crippen LogP contribution is -2.49. The summed E-state index contributed by atoms with van der Waals surface area (Å²) in [6.07, 6.45) is 9.38. The van der Waals surface area contributed by atoms with Crippen LogP contribution in [0.3, 0.4) is 0 Å². The smallest absolute Gasteiger partial charge is 0.227 e. The Balaban J connectivity index is 1.15. The van der Waals surface area contributed by atoms with Gasteiger partial charge in [-0.3, -0.25) is 4.79 Å². The fourth-order valence-electron chi connectivity index (χ4n) is 4.98. The van der Waals surface area contributed by atoms with Crippen molar-refractivity contribution in [2.45, 2.75) is 32.1 Å². The van der Waals surface area contributed by atoms with Crippen molar-refractivity contribution < 1.29 is 9.53 Å². The third-order valence-corrected chi connectivity index (χ3v) is 7.08. The van der Waals surface area contributed by atoms with Gasteiger partial charge >= 0.3 is 0 Å². The number of methoxy groups -OCH3 is 1. The summed E-state index contributed by atoms with van der Waals surface area (Å²) in [6, 6.07) is 15.5. The summed E-state index contributed by atoms with van der Waals surface area (Å²) in [6.45, 7) is 4.31. The van der Waals surface area contributed by atoms with Crippen LogP contribution in [0, 0.1) is 5.92 Å². The van der Waals surface area contributed by atoms with E-state index in [-0.39, 0.29) is 11.7 Å². The number of hydrazine groups is 1. The molecule has 182 valence electrons. The largest absolute Gasteiger partial charge is 0.497 e. The molecule has 35 heavy (non-hydrogen) atoms. The maximum Gasteiger partial charge on any atom is 0.227 e. The summed E-state index contributed by atoms with van der Waals surface area (Å²) in [5.74, 6) is 1.71. The molecule has 1 N–H and O–H groups in total. The minimum absolute atomic E-state index is 0.115. The van der Waals surface area contributed by atoms with Crippen LogP contribution in [-0.2, 0) is 0 Å². The number of carbonyl (C=O) groups is 1. The summed E-state index contributed by atoms with van der Waals surface area (Å²) >= 11 is 0. The van der Waals surface area contributed by atoms with Crippen molar-refractivity contribution in [1.82, 2.24) is 20.0 Å². The maximum absolute atomic E-state index is 13.1. The first-order valence-corrected chi connectivity index (χ1v) is 12.6. The predicted molar refractivity (Wildman–Crippen MR) is 138 cm³/mol. The summed E-state index contributed by atoms with van der Waals surface area (Å²) < 4.78 is 5.21. The molecule has 0 amide bonds. The third-order valence-electron chi connectivity index (χ3n) is 7.08. The van der Waals surface area contributed by atoms with Gasteiger partial charge in [0.05, 0.1) is 7.11 Å². The zero-order valence-corrected chi connectivity index (χ0v) is 20.3. The first-order chi connectivity index (χ1) is 17.2. The van der Waals surface area contributed by atoms with Crippen molar-refractivity contribution in [3.8, 4) is 16.9 Å². The molecule has 0 atom stereocenters. The van der Waals surface area contributed by atoms with E-state index in [1.165, 1.54) is 32.4 Å². The summed E-state index contributed by atoms with van der Waals surface area (Å²) in [5.41, 5.74) is 3.61. The van der Waals surface area contributed by atoms with Crippen molar-refractivity contribution in [3.05, 3.63) is 66.5 Å². The number of carbonyl (C=O) groups excluding carboxylic acids is 1. The Hall–Kier alpha value is -3.29. The van der Waals surface area contributed by atoms with Gasteiger partial charge in [-0.2, -0.15) is 0 Å². The molecule has 2 fully saturated rings. The number of hydrogen-bond acceptors (Lipinski definition) is 7. The van der Waals surface area contributed by atoms with E-state index in [1.54, 1.807) is 19.5 Å². The molecule has 7 nitrogen and oxygen atoms in total. The van der Waals surface area contributed by atoms with Gasteiger partial charge in [-0.15, -0.1) is 0 Å². The van der Waals surface area contributed by atoms with Crippen LogP contribution in [-0.4, -0.2) is 59.1 Å². The molecule has 0 aliphatic carbocycles. The van der Waals surface area contributed by atoms with Crippen LogP contribution in [0.2, 0.25) is 0 Å². The van der Waals surface area contributed by atoms with Gasteiger partial charge in [0.1, 0.15) is 5.75 Å². The van der Waals surface area contributed by atoms with Gasteiger partial charge in [0.15, 0.2) is 5.78 Å². The first-order valence-electron chi connectivity index (χ1n) is 12.6. The number of piperidine rings is 2. The molecule has 7 heteroatoms. The van der Waals surface area contributed by atoms with Crippen LogP contribution in [0.15, 0.2) is 60.9 Å². The second-order valence-electron chi connectivity index (χ2n) is 9.33. The molecule has 3 aromatic rings. The number of aromatic nitrogens is 2. The van der Waals surface area contributed by atoms with E-state index in [1.807, 2.05) is 48.5 Å². The van der Waals surface area contributed by atoms with Crippen molar-refractivity contribution in [1.29, 1.82) is 0 Å². The Morgan fingerprint density at radius 1 is 0.829 bits per heavy atom. The Kier molecular flexibility index (Phi) is 7.35. The number of hydrogen-bond donors (Lipinski definition) is 1. The van der Waals surface area contributed by atoms with Crippen LogP contribution in [0.5, 0.6) is 5.75 Å². The molecule has 0 saturated carbocycles. The van der Waals surface area contributed by atoms with Crippen molar-refractivity contribution in [3.63, 3.8) is 0 Å². The highest BCUT2D eigenvalue weighted by atomic mass is 16.5. The van der Waals surface area contributed by atoms with E-state index >= 15 is 0 Å². The number of benzene rings is 2. The first kappa shape index (κ1) is 23.5. The average molecular weight is 472 g/mol. The van der Waals surface area contributed by atoms with Gasteiger partial charge < -0.3 is 10.1 Å². The molecule has 2 aliphatic heterocycles. The van der Waals surface area contributed by atoms with Gasteiger partial charge in [0.2, 0.25) is 5.95 Å². The highest BCUT2D eigenvalue weighted by Gasteiger charge is 2.28. The number of ketones is 1. The van der Waals surface area contributed by atoms with Gasteiger partial charge in [0, 0.05) is 61.3 Å². The topological polar surface area (TPSA) is 70.6 Å². The van der Waals surface area contributed by atoms with Crippen LogP contribution < -0.4 is 10.1 Å². The molecule has 5 rings (SSSR count). The molecule has 2 aliphatic rings. The average Bonchev–Trinajstić information content (AvgIpc) is 2.94.